The molecular formula is C22H22F2N2O. The van der Waals surface area contributed by atoms with Crippen LogP contribution in [0.4, 0.5) is 8.78 Å². The fourth-order valence-electron chi connectivity index (χ4n) is 3.95. The number of carbonyl (C=O) groups excluding carboxylic acids is 1. The van der Waals surface area contributed by atoms with Crippen LogP contribution in [0.1, 0.15) is 34.3 Å². The van der Waals surface area contributed by atoms with Crippen molar-refractivity contribution in [2.75, 3.05) is 13.6 Å². The SMILES string of the molecule is CN1CCCC1Cc1c[nH]c2ccc(CC(=O)c3ccc(F)c(F)c3)cc12. The molecule has 0 amide bonds. The molecule has 1 aromatic heterocycles. The number of carbonyl (C=O) groups is 1. The molecule has 3 aromatic rings. The Morgan fingerprint density at radius 3 is 2.78 bits per heavy atom. The van der Waals surface area contributed by atoms with Crippen molar-refractivity contribution < 1.29 is 13.6 Å². The Hall–Kier alpha value is -2.53. The van der Waals surface area contributed by atoms with Crippen LogP contribution in [0.25, 0.3) is 10.9 Å². The Morgan fingerprint density at radius 2 is 2.04 bits per heavy atom. The van der Waals surface area contributed by atoms with E-state index in [1.807, 2.05) is 18.2 Å². The number of aromatic nitrogens is 1. The van der Waals surface area contributed by atoms with Crippen LogP contribution in [0.3, 0.4) is 0 Å². The van der Waals surface area contributed by atoms with Crippen molar-refractivity contribution in [1.29, 1.82) is 0 Å². The van der Waals surface area contributed by atoms with Gasteiger partial charge in [-0.2, -0.15) is 0 Å². The van der Waals surface area contributed by atoms with Gasteiger partial charge in [-0.3, -0.25) is 4.79 Å². The van der Waals surface area contributed by atoms with E-state index >= 15 is 0 Å². The standard InChI is InChI=1S/C22H22F2N2O/c1-26-8-2-3-17(26)11-16-13-25-21-7-4-14(9-18(16)21)10-22(27)15-5-6-19(23)20(24)12-15/h4-7,9,12-13,17,25H,2-3,8,10-11H2,1H3. The van der Waals surface area contributed by atoms with Crippen LogP contribution in [0, 0.1) is 11.6 Å². The zero-order valence-electron chi connectivity index (χ0n) is 15.3. The first kappa shape index (κ1) is 17.9. The summed E-state index contributed by atoms with van der Waals surface area (Å²) < 4.78 is 26.5. The summed E-state index contributed by atoms with van der Waals surface area (Å²) in [6.07, 6.45) is 5.64. The topological polar surface area (TPSA) is 36.1 Å². The summed E-state index contributed by atoms with van der Waals surface area (Å²) in [4.78, 5) is 18.2. The van der Waals surface area contributed by atoms with Gasteiger partial charge in [0.05, 0.1) is 0 Å². The summed E-state index contributed by atoms with van der Waals surface area (Å²) in [7, 11) is 2.17. The van der Waals surface area contributed by atoms with Crippen molar-refractivity contribution >= 4 is 16.7 Å². The summed E-state index contributed by atoms with van der Waals surface area (Å²) in [6.45, 7) is 1.14. The Bertz CT molecular complexity index is 995. The number of Topliss-reactive ketones (excluding diaryl/α,β-unsaturated/α-hetero) is 1. The van der Waals surface area contributed by atoms with Gasteiger partial charge in [-0.25, -0.2) is 8.78 Å². The van der Waals surface area contributed by atoms with E-state index < -0.39 is 11.6 Å². The minimum Gasteiger partial charge on any atom is -0.361 e. The zero-order valence-corrected chi connectivity index (χ0v) is 15.3. The van der Waals surface area contributed by atoms with Crippen LogP contribution >= 0.6 is 0 Å². The minimum absolute atomic E-state index is 0.162. The van der Waals surface area contributed by atoms with E-state index in [1.165, 1.54) is 24.5 Å². The smallest absolute Gasteiger partial charge is 0.167 e. The molecule has 1 N–H and O–H groups in total. The number of hydrogen-bond donors (Lipinski definition) is 1. The van der Waals surface area contributed by atoms with Gasteiger partial charge in [-0.1, -0.05) is 6.07 Å². The normalized spacial score (nSPS) is 17.7. The second kappa shape index (κ2) is 7.24. The molecule has 0 bridgehead atoms. The highest BCUT2D eigenvalue weighted by atomic mass is 19.2. The lowest BCUT2D eigenvalue weighted by Crippen LogP contribution is -2.26. The number of fused-ring (bicyclic) bond motifs is 1. The molecule has 4 rings (SSSR count). The van der Waals surface area contributed by atoms with E-state index in [2.05, 4.69) is 23.1 Å². The number of aromatic amines is 1. The first-order valence-electron chi connectivity index (χ1n) is 9.28. The monoisotopic (exact) mass is 368 g/mol. The molecule has 1 aliphatic heterocycles. The predicted octanol–water partition coefficient (Wildman–Crippen LogP) is 4.51. The van der Waals surface area contributed by atoms with Crippen molar-refractivity contribution in [3.05, 3.63) is 70.9 Å². The Labute approximate surface area is 157 Å². The van der Waals surface area contributed by atoms with Crippen LogP contribution in [-0.4, -0.2) is 35.3 Å². The lowest BCUT2D eigenvalue weighted by atomic mass is 9.99. The fourth-order valence-corrected chi connectivity index (χ4v) is 3.95. The van der Waals surface area contributed by atoms with Gasteiger partial charge in [0.2, 0.25) is 0 Å². The van der Waals surface area contributed by atoms with Crippen molar-refractivity contribution in [2.24, 2.45) is 0 Å². The number of ketones is 1. The molecule has 1 unspecified atom stereocenters. The quantitative estimate of drug-likeness (QED) is 0.673. The maximum atomic E-state index is 13.4. The third kappa shape index (κ3) is 3.65. The number of likely N-dealkylation sites (tertiary alicyclic amines) is 1. The molecule has 0 saturated carbocycles. The molecule has 140 valence electrons. The number of H-pyrrole nitrogens is 1. The molecule has 0 radical (unpaired) electrons. The van der Waals surface area contributed by atoms with E-state index in [9.17, 15) is 13.6 Å². The van der Waals surface area contributed by atoms with Gasteiger partial charge < -0.3 is 9.88 Å². The van der Waals surface area contributed by atoms with Gasteiger partial charge in [-0.15, -0.1) is 0 Å². The summed E-state index contributed by atoms with van der Waals surface area (Å²) in [6, 6.07) is 9.76. The van der Waals surface area contributed by atoms with Gasteiger partial charge in [0, 0.05) is 35.1 Å². The van der Waals surface area contributed by atoms with Gasteiger partial charge in [0.25, 0.3) is 0 Å². The number of nitrogens with one attached hydrogen (secondary N) is 1. The summed E-state index contributed by atoms with van der Waals surface area (Å²) in [5.41, 5.74) is 3.37. The molecule has 1 saturated heterocycles. The van der Waals surface area contributed by atoms with Crippen molar-refractivity contribution in [3.63, 3.8) is 0 Å². The molecule has 2 aromatic carbocycles. The molecule has 1 fully saturated rings. The number of nitrogens with zero attached hydrogens (tertiary/aromatic N) is 1. The van der Waals surface area contributed by atoms with E-state index in [1.54, 1.807) is 0 Å². The van der Waals surface area contributed by atoms with Gasteiger partial charge >= 0.3 is 0 Å². The van der Waals surface area contributed by atoms with Crippen LogP contribution in [0.2, 0.25) is 0 Å². The number of halogens is 2. The van der Waals surface area contributed by atoms with E-state index in [0.717, 1.165) is 41.6 Å². The third-order valence-electron chi connectivity index (χ3n) is 5.57. The van der Waals surface area contributed by atoms with E-state index in [0.29, 0.717) is 6.04 Å². The van der Waals surface area contributed by atoms with Crippen LogP contribution in [0.5, 0.6) is 0 Å². The summed E-state index contributed by atoms with van der Waals surface area (Å²) in [5.74, 6) is -2.16. The number of rotatable bonds is 5. The van der Waals surface area contributed by atoms with E-state index in [-0.39, 0.29) is 17.8 Å². The average Bonchev–Trinajstić information content (AvgIpc) is 3.24. The lowest BCUT2D eigenvalue weighted by Gasteiger charge is -2.18. The Morgan fingerprint density at radius 1 is 1.19 bits per heavy atom. The number of likely N-dealkylation sites (N-methyl/N-ethyl adjacent to an activating group) is 1. The molecule has 0 aliphatic carbocycles. The number of benzene rings is 2. The van der Waals surface area contributed by atoms with Gasteiger partial charge in [0.15, 0.2) is 17.4 Å². The lowest BCUT2D eigenvalue weighted by molar-refractivity contribution is 0.0992. The van der Waals surface area contributed by atoms with Crippen LogP contribution in [0.15, 0.2) is 42.6 Å². The van der Waals surface area contributed by atoms with Crippen LogP contribution in [-0.2, 0) is 12.8 Å². The molecule has 5 heteroatoms. The highest BCUT2D eigenvalue weighted by Crippen LogP contribution is 2.26. The Balaban J connectivity index is 1.56. The molecule has 0 spiro atoms. The maximum absolute atomic E-state index is 13.4. The summed E-state index contributed by atoms with van der Waals surface area (Å²) in [5, 5.41) is 1.13. The van der Waals surface area contributed by atoms with Crippen molar-refractivity contribution in [1.82, 2.24) is 9.88 Å². The predicted molar refractivity (Wildman–Crippen MR) is 102 cm³/mol. The molecule has 27 heavy (non-hydrogen) atoms. The first-order chi connectivity index (χ1) is 13.0. The highest BCUT2D eigenvalue weighted by Gasteiger charge is 2.22. The first-order valence-corrected chi connectivity index (χ1v) is 9.28. The maximum Gasteiger partial charge on any atom is 0.167 e. The average molecular weight is 368 g/mol. The number of hydrogen-bond acceptors (Lipinski definition) is 2. The molecular weight excluding hydrogens is 346 g/mol. The van der Waals surface area contributed by atoms with E-state index in [4.69, 9.17) is 0 Å². The summed E-state index contributed by atoms with van der Waals surface area (Å²) >= 11 is 0. The van der Waals surface area contributed by atoms with Gasteiger partial charge in [-0.05, 0) is 74.3 Å². The van der Waals surface area contributed by atoms with Crippen molar-refractivity contribution in [2.45, 2.75) is 31.7 Å². The molecule has 2 heterocycles. The second-order valence-corrected chi connectivity index (χ2v) is 7.40. The molecule has 1 aliphatic rings. The highest BCUT2D eigenvalue weighted by molar-refractivity contribution is 5.98. The molecule has 1 atom stereocenters. The van der Waals surface area contributed by atoms with Gasteiger partial charge in [0.1, 0.15) is 0 Å². The second-order valence-electron chi connectivity index (χ2n) is 7.40. The molecule has 3 nitrogen and oxygen atoms in total. The Kier molecular flexibility index (Phi) is 4.79. The van der Waals surface area contributed by atoms with Crippen molar-refractivity contribution in [3.8, 4) is 0 Å². The largest absolute Gasteiger partial charge is 0.361 e. The minimum atomic E-state index is -0.995. The fraction of sp³-hybridized carbons (Fsp3) is 0.318. The van der Waals surface area contributed by atoms with Crippen LogP contribution < -0.4 is 0 Å². The third-order valence-corrected chi connectivity index (χ3v) is 5.57. The zero-order chi connectivity index (χ0) is 19.0.